The van der Waals surface area contributed by atoms with Crippen molar-refractivity contribution in [3.05, 3.63) is 24.0 Å². The van der Waals surface area contributed by atoms with Crippen LogP contribution < -0.4 is 5.73 Å². The second-order valence-corrected chi connectivity index (χ2v) is 4.71. The number of aliphatic imine (C=N–C) groups is 1. The molecule has 0 bridgehead atoms. The highest BCUT2D eigenvalue weighted by molar-refractivity contribution is 14.0. The maximum Gasteiger partial charge on any atom is 0.191 e. The quantitative estimate of drug-likeness (QED) is 0.480. The zero-order valence-corrected chi connectivity index (χ0v) is 12.6. The van der Waals surface area contributed by atoms with E-state index in [1.165, 1.54) is 0 Å². The van der Waals surface area contributed by atoms with Gasteiger partial charge in [-0.3, -0.25) is 0 Å². The van der Waals surface area contributed by atoms with Crippen LogP contribution in [0.2, 0.25) is 0 Å². The SMILES string of the molecule is I.NC(=NCc1cccnn1)N1CCSCC1. The minimum absolute atomic E-state index is 0. The van der Waals surface area contributed by atoms with Crippen LogP contribution in [0.3, 0.4) is 0 Å². The van der Waals surface area contributed by atoms with Gasteiger partial charge >= 0.3 is 0 Å². The number of nitrogens with two attached hydrogens (primary N) is 1. The molecule has 94 valence electrons. The lowest BCUT2D eigenvalue weighted by Crippen LogP contribution is -2.42. The highest BCUT2D eigenvalue weighted by Crippen LogP contribution is 2.08. The first-order valence-electron chi connectivity index (χ1n) is 5.25. The average Bonchev–Trinajstić information content (AvgIpc) is 2.38. The molecule has 2 N–H and O–H groups in total. The van der Waals surface area contributed by atoms with Crippen molar-refractivity contribution in [2.45, 2.75) is 6.54 Å². The van der Waals surface area contributed by atoms with Gasteiger partial charge in [0.1, 0.15) is 0 Å². The van der Waals surface area contributed by atoms with E-state index in [1.807, 2.05) is 23.9 Å². The van der Waals surface area contributed by atoms with Gasteiger partial charge in [-0.1, -0.05) is 0 Å². The zero-order valence-electron chi connectivity index (χ0n) is 9.45. The Morgan fingerprint density at radius 2 is 2.24 bits per heavy atom. The molecule has 1 aromatic heterocycles. The Labute approximate surface area is 122 Å². The second-order valence-electron chi connectivity index (χ2n) is 3.49. The van der Waals surface area contributed by atoms with Gasteiger partial charge in [-0.05, 0) is 12.1 Å². The van der Waals surface area contributed by atoms with Crippen LogP contribution in [0.5, 0.6) is 0 Å². The molecular weight excluding hydrogens is 349 g/mol. The maximum atomic E-state index is 5.91. The minimum atomic E-state index is 0. The van der Waals surface area contributed by atoms with Crippen molar-refractivity contribution in [3.63, 3.8) is 0 Å². The van der Waals surface area contributed by atoms with Crippen LogP contribution in [0, 0.1) is 0 Å². The minimum Gasteiger partial charge on any atom is -0.370 e. The van der Waals surface area contributed by atoms with E-state index in [0.29, 0.717) is 12.5 Å². The largest absolute Gasteiger partial charge is 0.370 e. The number of hydrogen-bond acceptors (Lipinski definition) is 4. The van der Waals surface area contributed by atoms with Gasteiger partial charge in [0, 0.05) is 30.8 Å². The smallest absolute Gasteiger partial charge is 0.191 e. The lowest BCUT2D eigenvalue weighted by atomic mass is 10.4. The first kappa shape index (κ1) is 14.5. The number of nitrogens with zero attached hydrogens (tertiary/aromatic N) is 4. The molecule has 0 aromatic carbocycles. The Hall–Kier alpha value is -0.570. The van der Waals surface area contributed by atoms with Crippen LogP contribution in [-0.4, -0.2) is 45.7 Å². The number of aromatic nitrogens is 2. The molecule has 2 heterocycles. The summed E-state index contributed by atoms with van der Waals surface area (Å²) in [6, 6.07) is 3.75. The van der Waals surface area contributed by atoms with E-state index in [9.17, 15) is 0 Å². The predicted molar refractivity (Wildman–Crippen MR) is 81.7 cm³/mol. The number of guanidine groups is 1. The van der Waals surface area contributed by atoms with Gasteiger partial charge in [0.2, 0.25) is 0 Å². The summed E-state index contributed by atoms with van der Waals surface area (Å²) < 4.78 is 0. The lowest BCUT2D eigenvalue weighted by molar-refractivity contribution is 0.455. The summed E-state index contributed by atoms with van der Waals surface area (Å²) >= 11 is 1.96. The standard InChI is InChI=1S/C10H15N5S.HI/c11-10(15-4-6-16-7-5-15)12-8-9-2-1-3-13-14-9;/h1-3H,4-8H2,(H2,11,12);1H. The van der Waals surface area contributed by atoms with Crippen LogP contribution in [-0.2, 0) is 6.54 Å². The highest BCUT2D eigenvalue weighted by Gasteiger charge is 2.11. The van der Waals surface area contributed by atoms with Gasteiger partial charge in [0.15, 0.2) is 5.96 Å². The fourth-order valence-electron chi connectivity index (χ4n) is 1.47. The van der Waals surface area contributed by atoms with Gasteiger partial charge in [-0.25, -0.2) is 4.99 Å². The van der Waals surface area contributed by atoms with E-state index in [4.69, 9.17) is 5.73 Å². The Morgan fingerprint density at radius 3 is 2.88 bits per heavy atom. The molecule has 0 unspecified atom stereocenters. The molecule has 17 heavy (non-hydrogen) atoms. The van der Waals surface area contributed by atoms with Crippen LogP contribution in [0.15, 0.2) is 23.3 Å². The molecule has 1 fully saturated rings. The maximum absolute atomic E-state index is 5.91. The molecule has 0 saturated carbocycles. The van der Waals surface area contributed by atoms with Crippen LogP contribution in [0.25, 0.3) is 0 Å². The van der Waals surface area contributed by atoms with Crippen molar-refractivity contribution in [2.24, 2.45) is 10.7 Å². The summed E-state index contributed by atoms with van der Waals surface area (Å²) in [4.78, 5) is 6.44. The Morgan fingerprint density at radius 1 is 1.47 bits per heavy atom. The Bertz CT molecular complexity index is 353. The Kier molecular flexibility index (Phi) is 6.56. The third-order valence-electron chi connectivity index (χ3n) is 2.37. The van der Waals surface area contributed by atoms with Crippen molar-refractivity contribution >= 4 is 41.7 Å². The third kappa shape index (κ3) is 4.66. The molecular formula is C10H16IN5S. The summed E-state index contributed by atoms with van der Waals surface area (Å²) in [6.45, 7) is 2.48. The van der Waals surface area contributed by atoms with E-state index >= 15 is 0 Å². The molecule has 0 aliphatic carbocycles. The van der Waals surface area contributed by atoms with Crippen molar-refractivity contribution < 1.29 is 0 Å². The fraction of sp³-hybridized carbons (Fsp3) is 0.500. The highest BCUT2D eigenvalue weighted by atomic mass is 127. The van der Waals surface area contributed by atoms with Gasteiger partial charge in [-0.2, -0.15) is 22.0 Å². The average molecular weight is 365 g/mol. The van der Waals surface area contributed by atoms with E-state index in [2.05, 4.69) is 20.1 Å². The predicted octanol–water partition coefficient (Wildman–Crippen LogP) is 0.958. The summed E-state index contributed by atoms with van der Waals surface area (Å²) in [5.41, 5.74) is 6.76. The van der Waals surface area contributed by atoms with E-state index < -0.39 is 0 Å². The molecule has 0 radical (unpaired) electrons. The van der Waals surface area contributed by atoms with Crippen molar-refractivity contribution in [1.29, 1.82) is 0 Å². The van der Waals surface area contributed by atoms with Crippen molar-refractivity contribution in [1.82, 2.24) is 15.1 Å². The normalized spacial score (nSPS) is 16.5. The number of rotatable bonds is 2. The lowest BCUT2D eigenvalue weighted by Gasteiger charge is -2.27. The van der Waals surface area contributed by atoms with Crippen LogP contribution >= 0.6 is 35.7 Å². The van der Waals surface area contributed by atoms with Crippen molar-refractivity contribution in [3.8, 4) is 0 Å². The molecule has 0 amide bonds. The molecule has 1 aromatic rings. The van der Waals surface area contributed by atoms with Crippen LogP contribution in [0.1, 0.15) is 5.69 Å². The fourth-order valence-corrected chi connectivity index (χ4v) is 2.38. The second kappa shape index (κ2) is 7.70. The first-order chi connectivity index (χ1) is 7.86. The van der Waals surface area contributed by atoms with Gasteiger partial charge in [0.25, 0.3) is 0 Å². The van der Waals surface area contributed by atoms with Crippen LogP contribution in [0.4, 0.5) is 0 Å². The molecule has 0 atom stereocenters. The molecule has 0 spiro atoms. The van der Waals surface area contributed by atoms with E-state index in [-0.39, 0.29) is 24.0 Å². The molecule has 5 nitrogen and oxygen atoms in total. The van der Waals surface area contributed by atoms with E-state index in [0.717, 1.165) is 30.3 Å². The molecule has 1 saturated heterocycles. The number of hydrogen-bond donors (Lipinski definition) is 1. The topological polar surface area (TPSA) is 67.4 Å². The summed E-state index contributed by atoms with van der Waals surface area (Å²) in [5.74, 6) is 2.87. The third-order valence-corrected chi connectivity index (χ3v) is 3.31. The number of halogens is 1. The number of thioether (sulfide) groups is 1. The van der Waals surface area contributed by atoms with Crippen molar-refractivity contribution in [2.75, 3.05) is 24.6 Å². The molecule has 1 aliphatic heterocycles. The Balaban J connectivity index is 0.00000144. The zero-order chi connectivity index (χ0) is 11.2. The molecule has 1 aliphatic rings. The molecule has 2 rings (SSSR count). The molecule has 7 heteroatoms. The summed E-state index contributed by atoms with van der Waals surface area (Å²) in [5, 5.41) is 7.76. The van der Waals surface area contributed by atoms with E-state index in [1.54, 1.807) is 6.20 Å². The van der Waals surface area contributed by atoms with Gasteiger partial charge in [0.05, 0.1) is 12.2 Å². The first-order valence-corrected chi connectivity index (χ1v) is 6.41. The van der Waals surface area contributed by atoms with Gasteiger partial charge in [-0.15, -0.1) is 24.0 Å². The van der Waals surface area contributed by atoms with Gasteiger partial charge < -0.3 is 10.6 Å². The summed E-state index contributed by atoms with van der Waals surface area (Å²) in [7, 11) is 0. The monoisotopic (exact) mass is 365 g/mol. The summed E-state index contributed by atoms with van der Waals surface area (Å²) in [6.07, 6.45) is 1.65.